The molecule has 0 bridgehead atoms. The third kappa shape index (κ3) is 53.6. The molecule has 1 saturated carbocycles. The standard InChI is InChI=1S/C12H17NO2.C12H17NO.C11H14ClNO.C11H13NO.3C11H15NO.C10H11NO.C8H15NO.C8H8O.C7H15NO.C6H12O.C4H10/c1-12(2,3)11(14)8-5-6-9(13)10(7-8)15-4;1-8-7-9(5-6-10(8)13)11(14)12(2,3)4;1-11(2,3)10(14)8-5-4-7(13)6-9(8)12;1-8(13)11-6-9-4-2-3-5-10(9)7-12-11;1-11(2,3)10(13)8-4-6-9(12)7-5-8;1-11(2,3)10(13)8-5-4-6-9(12)7-8;1-11(2,3)10(13)8-6-4-5-7-9(8)12;1-7(12)10-6-8-4-2-3-5-9(8)11-10;1-6(10)7-3-2-4-8(9)5-7;1-7(9)8-5-3-2-4-6-8;1-7(9)5-3-2-4-6-8;1-5(7)6(2,3)4;1-4(2)3/h5-7H,13H2,1-4H3;5-7H,13H2,1-4H3;4-6H,13H2,1-3H3;2-5,11-12H,6-7H2,1H3;3*4-7H,12H2,1-3H3;2-5,10-11H,6H2,1H3;7-8H,2-5,9H2,1H3;2-6H,1H3;2-6,8H2,1H3;1-4H3;4H,1-3H3. The Morgan fingerprint density at radius 3 is 1.21 bits per heavy atom. The Labute approximate surface area is 879 Å². The van der Waals surface area contributed by atoms with Crippen molar-refractivity contribution in [2.45, 2.75) is 304 Å². The van der Waals surface area contributed by atoms with Crippen LogP contribution in [0.4, 0.5) is 39.8 Å². The number of methoxy groups -OCH3 is 1. The van der Waals surface area contributed by atoms with Crippen LogP contribution in [0.5, 0.6) is 5.75 Å². The van der Waals surface area contributed by atoms with Crippen molar-refractivity contribution in [1.82, 2.24) is 5.32 Å². The average Bonchev–Trinajstić information content (AvgIpc) is 1.40. The summed E-state index contributed by atoms with van der Waals surface area (Å²) in [7, 11) is 1.54. The molecule has 146 heavy (non-hydrogen) atoms. The van der Waals surface area contributed by atoms with Crippen LogP contribution in [0.3, 0.4) is 0 Å². The normalized spacial score (nSPS) is 14.1. The second-order valence-corrected chi connectivity index (χ2v) is 45.2. The second kappa shape index (κ2) is 63.9. The number of Topliss-reactive ketones (excluding diaryl/α,β-unsaturated/α-hetero) is 12. The summed E-state index contributed by atoms with van der Waals surface area (Å²) < 4.78 is 5.07. The Kier molecular flexibility index (Phi) is 58.4. The maximum atomic E-state index is 11.9. The summed E-state index contributed by atoms with van der Waals surface area (Å²) in [4.78, 5) is 136. The quantitative estimate of drug-likeness (QED) is 0.0244. The molecule has 0 aromatic heterocycles. The molecule has 4 atom stereocenters. The molecular weight excluding hydrogens is 1850 g/mol. The number of anilines is 7. The molecule has 23 nitrogen and oxygen atoms in total. The average molecular weight is 2030 g/mol. The largest absolute Gasteiger partial charge is 0.495 e. The maximum absolute atomic E-state index is 11.9. The number of aryl methyl sites for hydroxylation is 1. The third-order valence-corrected chi connectivity index (χ3v) is 22.8. The number of carbonyl (C=O) groups excluding carboxylic acids is 12. The van der Waals surface area contributed by atoms with Gasteiger partial charge in [0.2, 0.25) is 0 Å². The molecule has 0 radical (unpaired) electrons. The van der Waals surface area contributed by atoms with Gasteiger partial charge in [0.25, 0.3) is 0 Å². The lowest BCUT2D eigenvalue weighted by Crippen LogP contribution is -2.40. The lowest BCUT2D eigenvalue weighted by Gasteiger charge is -2.24. The molecule has 1 fully saturated rings. The minimum atomic E-state index is -0.417. The molecule has 9 aromatic rings. The van der Waals surface area contributed by atoms with Crippen LogP contribution in [-0.2, 0) is 43.4 Å². The van der Waals surface area contributed by atoms with Gasteiger partial charge < -0.3 is 66.0 Å². The third-order valence-electron chi connectivity index (χ3n) is 22.5. The van der Waals surface area contributed by atoms with Crippen molar-refractivity contribution in [3.05, 3.63) is 272 Å². The Balaban J connectivity index is 0.00000157. The van der Waals surface area contributed by atoms with E-state index in [9.17, 15) is 57.5 Å². The van der Waals surface area contributed by atoms with E-state index in [1.54, 1.807) is 151 Å². The van der Waals surface area contributed by atoms with Crippen molar-refractivity contribution < 1.29 is 62.3 Å². The number of halogens is 1. The van der Waals surface area contributed by atoms with Gasteiger partial charge in [-0.25, -0.2) is 0 Å². The minimum absolute atomic E-state index is 0.00222. The fourth-order valence-corrected chi connectivity index (χ4v) is 13.5. The van der Waals surface area contributed by atoms with E-state index in [1.807, 2.05) is 231 Å². The number of rotatable bonds is 16. The fourth-order valence-electron chi connectivity index (χ4n) is 13.2. The minimum Gasteiger partial charge on any atom is -0.495 e. The lowest BCUT2D eigenvalue weighted by molar-refractivity contribution is -0.124. The first-order chi connectivity index (χ1) is 67.2. The summed E-state index contributed by atoms with van der Waals surface area (Å²) in [6, 6.07) is 62.6. The van der Waals surface area contributed by atoms with E-state index in [0.717, 1.165) is 117 Å². The van der Waals surface area contributed by atoms with E-state index in [1.165, 1.54) is 23.8 Å². The Morgan fingerprint density at radius 1 is 0.390 bits per heavy atom. The molecule has 12 rings (SSSR count). The second-order valence-electron chi connectivity index (χ2n) is 44.8. The van der Waals surface area contributed by atoms with Gasteiger partial charge in [0, 0.05) is 142 Å². The molecular formula is C122H177ClN10O13. The summed E-state index contributed by atoms with van der Waals surface area (Å²) in [5.41, 5.74) is 56.8. The van der Waals surface area contributed by atoms with Gasteiger partial charge in [-0.1, -0.05) is 288 Å². The molecule has 2 aliphatic heterocycles. The van der Waals surface area contributed by atoms with Crippen molar-refractivity contribution in [3.63, 3.8) is 0 Å². The highest BCUT2D eigenvalue weighted by atomic mass is 35.5. The van der Waals surface area contributed by atoms with E-state index in [0.29, 0.717) is 67.2 Å². The first-order valence-corrected chi connectivity index (χ1v) is 50.5. The number of ether oxygens (including phenoxy) is 1. The summed E-state index contributed by atoms with van der Waals surface area (Å²) in [6.07, 6.45) is 9.75. The molecule has 1 aliphatic carbocycles. The van der Waals surface area contributed by atoms with E-state index in [4.69, 9.17) is 62.2 Å². The molecule has 24 heteroatoms. The maximum Gasteiger partial charge on any atom is 0.170 e. The smallest absolute Gasteiger partial charge is 0.170 e. The van der Waals surface area contributed by atoms with Crippen LogP contribution >= 0.6 is 11.6 Å². The van der Waals surface area contributed by atoms with Crippen molar-refractivity contribution in [3.8, 4) is 5.75 Å². The highest BCUT2D eigenvalue weighted by Crippen LogP contribution is 2.33. The number of hydrogen-bond donors (Lipinski definition) is 10. The van der Waals surface area contributed by atoms with Crippen molar-refractivity contribution in [2.24, 2.45) is 61.2 Å². The molecule has 0 spiro atoms. The van der Waals surface area contributed by atoms with Crippen LogP contribution in [0, 0.1) is 56.7 Å². The van der Waals surface area contributed by atoms with E-state index in [-0.39, 0.29) is 120 Å². The van der Waals surface area contributed by atoms with Gasteiger partial charge in [0.15, 0.2) is 46.3 Å². The van der Waals surface area contributed by atoms with Gasteiger partial charge in [-0.15, -0.1) is 0 Å². The van der Waals surface area contributed by atoms with E-state index >= 15 is 0 Å². The van der Waals surface area contributed by atoms with E-state index in [2.05, 4.69) is 49.6 Å². The first-order valence-electron chi connectivity index (χ1n) is 50.1. The number of ketones is 12. The number of nitrogens with two attached hydrogens (primary N) is 8. The molecule has 4 unspecified atom stereocenters. The van der Waals surface area contributed by atoms with Gasteiger partial charge in [-0.3, -0.25) is 52.7 Å². The van der Waals surface area contributed by atoms with Crippen LogP contribution in [0.2, 0.25) is 5.02 Å². The van der Waals surface area contributed by atoms with Gasteiger partial charge in [-0.05, 0) is 231 Å². The summed E-state index contributed by atoms with van der Waals surface area (Å²) in [5, 5.41) is 6.83. The summed E-state index contributed by atoms with van der Waals surface area (Å²) in [6.45, 7) is 59.6. The number of carbonyl (C=O) groups is 12. The topological polar surface area (TPSA) is 446 Å². The number of unbranched alkanes of at least 4 members (excludes halogenated alkanes) is 2. The number of para-hydroxylation sites is 2. The molecule has 9 aromatic carbocycles. The van der Waals surface area contributed by atoms with Crippen molar-refractivity contribution >= 4 is 121 Å². The van der Waals surface area contributed by atoms with Gasteiger partial charge in [0.1, 0.15) is 28.9 Å². The number of nitrogens with one attached hydrogen (secondary N) is 2. The predicted molar refractivity (Wildman–Crippen MR) is 610 cm³/mol. The number of fused-ring (bicyclic) bond motifs is 2. The molecule has 18 N–H and O–H groups in total. The van der Waals surface area contributed by atoms with Gasteiger partial charge in [0.05, 0.1) is 29.9 Å². The monoisotopic (exact) mass is 2030 g/mol. The zero-order chi connectivity index (χ0) is 113. The van der Waals surface area contributed by atoms with Crippen LogP contribution < -0.4 is 61.2 Å². The predicted octanol–water partition coefficient (Wildman–Crippen LogP) is 26.2. The molecule has 0 amide bonds. The van der Waals surface area contributed by atoms with Gasteiger partial charge in [-0.2, -0.15) is 0 Å². The number of hydrogen-bond acceptors (Lipinski definition) is 23. The van der Waals surface area contributed by atoms with Crippen LogP contribution in [0.1, 0.15) is 354 Å². The van der Waals surface area contributed by atoms with Crippen molar-refractivity contribution in [1.29, 1.82) is 0 Å². The number of nitrogen functional groups attached to an aromatic ring is 6. The van der Waals surface area contributed by atoms with E-state index < -0.39 is 5.41 Å². The summed E-state index contributed by atoms with van der Waals surface area (Å²) in [5.74, 6) is 3.68. The molecule has 2 heterocycles. The van der Waals surface area contributed by atoms with Crippen LogP contribution in [-0.4, -0.2) is 101 Å². The zero-order valence-electron chi connectivity index (χ0n) is 93.8. The summed E-state index contributed by atoms with van der Waals surface area (Å²) >= 11 is 5.93. The first kappa shape index (κ1) is 134. The van der Waals surface area contributed by atoms with Crippen LogP contribution in [0.25, 0.3) is 0 Å². The Hall–Kier alpha value is -12.4. The fraction of sp³-hybridized carbons (Fsp3) is 0.459. The Morgan fingerprint density at radius 2 is 0.801 bits per heavy atom. The SMILES string of the molecule is CC(=O)C(C)(C)C.CC(=O)C1CCCC(N)C1.CC(=O)C1Cc2ccccc2CN1.CC(=O)C1Cc2ccccc2N1.CC(=O)CCCCCN.CC(=O)c1ccccc1.CC(C)(C)C(=O)c1ccc(N)cc1.CC(C)(C)C(=O)c1ccc(N)cc1Cl.CC(C)(C)C(=O)c1cccc(N)c1.CC(C)(C)C(=O)c1ccccc1N.CC(C)C.COc1cc(C(=O)C(C)(C)C)ccc1N.Cc1cc(C(=O)C(C)(C)C)ccc1N. The van der Waals surface area contributed by atoms with Crippen molar-refractivity contribution in [2.75, 3.05) is 53.4 Å². The Bertz CT molecular complexity index is 5630. The zero-order valence-corrected chi connectivity index (χ0v) is 94.6. The molecule has 3 aliphatic rings. The molecule has 800 valence electrons. The molecule has 0 saturated heterocycles. The highest BCUT2D eigenvalue weighted by molar-refractivity contribution is 6.34. The van der Waals surface area contributed by atoms with Crippen LogP contribution in [0.15, 0.2) is 206 Å². The number of benzene rings is 9. The van der Waals surface area contributed by atoms with Gasteiger partial charge >= 0.3 is 0 Å². The lowest BCUT2D eigenvalue weighted by atomic mass is 9.84. The highest BCUT2D eigenvalue weighted by Gasteiger charge is 2.31.